The van der Waals surface area contributed by atoms with Crippen LogP contribution in [0.2, 0.25) is 5.02 Å². The van der Waals surface area contributed by atoms with Crippen molar-refractivity contribution in [3.8, 4) is 5.75 Å². The van der Waals surface area contributed by atoms with Crippen LogP contribution in [0.25, 0.3) is 0 Å². The summed E-state index contributed by atoms with van der Waals surface area (Å²) < 4.78 is 0. The van der Waals surface area contributed by atoms with Crippen LogP contribution in [0.3, 0.4) is 0 Å². The molecule has 1 atom stereocenters. The Morgan fingerprint density at radius 1 is 1.60 bits per heavy atom. The van der Waals surface area contributed by atoms with Crippen molar-refractivity contribution in [1.82, 2.24) is 5.32 Å². The molecule has 0 unspecified atom stereocenters. The first-order chi connectivity index (χ1) is 7.04. The van der Waals surface area contributed by atoms with E-state index in [-0.39, 0.29) is 29.0 Å². The van der Waals surface area contributed by atoms with E-state index in [0.717, 1.165) is 0 Å². The van der Waals surface area contributed by atoms with Gasteiger partial charge >= 0.3 is 0 Å². The molecule has 5 heteroatoms. The first-order valence-electron chi connectivity index (χ1n) is 4.45. The van der Waals surface area contributed by atoms with E-state index >= 15 is 0 Å². The molecule has 0 saturated carbocycles. The van der Waals surface area contributed by atoms with Crippen LogP contribution in [0, 0.1) is 0 Å². The minimum absolute atomic E-state index is 0.0267. The van der Waals surface area contributed by atoms with Crippen LogP contribution in [0.5, 0.6) is 5.75 Å². The number of benzene rings is 1. The van der Waals surface area contributed by atoms with Crippen LogP contribution in [0.1, 0.15) is 17.3 Å². The number of phenolic OH excluding ortho intramolecular Hbond substituents is 1. The molecule has 0 spiro atoms. The SMILES string of the molecule is C[C@H](CO)NC(=O)c1cc(O)ccc1Cl. The highest BCUT2D eigenvalue weighted by Gasteiger charge is 2.13. The number of amides is 1. The maximum Gasteiger partial charge on any atom is 0.253 e. The third-order valence-corrected chi connectivity index (χ3v) is 2.18. The molecule has 0 radical (unpaired) electrons. The van der Waals surface area contributed by atoms with Crippen molar-refractivity contribution in [2.75, 3.05) is 6.61 Å². The smallest absolute Gasteiger partial charge is 0.253 e. The van der Waals surface area contributed by atoms with Gasteiger partial charge in [0.2, 0.25) is 0 Å². The van der Waals surface area contributed by atoms with Crippen LogP contribution >= 0.6 is 11.6 Å². The summed E-state index contributed by atoms with van der Waals surface area (Å²) in [6, 6.07) is 3.77. The highest BCUT2D eigenvalue weighted by molar-refractivity contribution is 6.33. The lowest BCUT2D eigenvalue weighted by atomic mass is 10.2. The Hall–Kier alpha value is -1.26. The standard InChI is InChI=1S/C10H12ClNO3/c1-6(5-13)12-10(15)8-4-7(14)2-3-9(8)11/h2-4,6,13-14H,5H2,1H3,(H,12,15)/t6-/m1/s1. The van der Waals surface area contributed by atoms with Gasteiger partial charge in [-0.15, -0.1) is 0 Å². The number of carbonyl (C=O) groups excluding carboxylic acids is 1. The molecular weight excluding hydrogens is 218 g/mol. The number of aliphatic hydroxyl groups is 1. The lowest BCUT2D eigenvalue weighted by Crippen LogP contribution is -2.35. The maximum atomic E-state index is 11.6. The van der Waals surface area contributed by atoms with Gasteiger partial charge in [-0.25, -0.2) is 0 Å². The summed E-state index contributed by atoms with van der Waals surface area (Å²) in [5.74, 6) is -0.446. The number of aliphatic hydroxyl groups excluding tert-OH is 1. The van der Waals surface area contributed by atoms with Crippen LogP contribution < -0.4 is 5.32 Å². The molecule has 1 aromatic carbocycles. The zero-order valence-corrected chi connectivity index (χ0v) is 8.95. The lowest BCUT2D eigenvalue weighted by molar-refractivity contribution is 0.0922. The first kappa shape index (κ1) is 11.8. The van der Waals surface area contributed by atoms with Gasteiger partial charge in [0.1, 0.15) is 5.75 Å². The fourth-order valence-electron chi connectivity index (χ4n) is 1.03. The van der Waals surface area contributed by atoms with Crippen molar-refractivity contribution in [1.29, 1.82) is 0 Å². The molecule has 3 N–H and O–H groups in total. The summed E-state index contributed by atoms with van der Waals surface area (Å²) in [7, 11) is 0. The van der Waals surface area contributed by atoms with Crippen molar-refractivity contribution < 1.29 is 15.0 Å². The fraction of sp³-hybridized carbons (Fsp3) is 0.300. The van der Waals surface area contributed by atoms with Crippen LogP contribution in [0.15, 0.2) is 18.2 Å². The summed E-state index contributed by atoms with van der Waals surface area (Å²) >= 11 is 5.78. The molecule has 0 aromatic heterocycles. The number of phenols is 1. The van der Waals surface area contributed by atoms with E-state index in [0.29, 0.717) is 0 Å². The number of nitrogens with one attached hydrogen (secondary N) is 1. The molecule has 15 heavy (non-hydrogen) atoms. The van der Waals surface area contributed by atoms with E-state index < -0.39 is 5.91 Å². The second-order valence-electron chi connectivity index (χ2n) is 3.22. The summed E-state index contributed by atoms with van der Waals surface area (Å²) in [6.07, 6.45) is 0. The molecule has 0 fully saturated rings. The minimum atomic E-state index is -0.419. The highest BCUT2D eigenvalue weighted by Crippen LogP contribution is 2.20. The Morgan fingerprint density at radius 2 is 2.27 bits per heavy atom. The van der Waals surface area contributed by atoms with Gasteiger partial charge in [-0.3, -0.25) is 4.79 Å². The maximum absolute atomic E-state index is 11.6. The zero-order chi connectivity index (χ0) is 11.4. The number of aromatic hydroxyl groups is 1. The fourth-order valence-corrected chi connectivity index (χ4v) is 1.24. The predicted molar refractivity (Wildman–Crippen MR) is 57.1 cm³/mol. The predicted octanol–water partition coefficient (Wildman–Crippen LogP) is 1.16. The molecule has 0 bridgehead atoms. The minimum Gasteiger partial charge on any atom is -0.508 e. The van der Waals surface area contributed by atoms with E-state index in [9.17, 15) is 9.90 Å². The Kier molecular flexibility index (Phi) is 3.94. The Balaban J connectivity index is 2.86. The summed E-state index contributed by atoms with van der Waals surface area (Å²) in [5, 5.41) is 20.7. The first-order valence-corrected chi connectivity index (χ1v) is 4.82. The number of hydrogen-bond donors (Lipinski definition) is 3. The molecule has 1 rings (SSSR count). The third-order valence-electron chi connectivity index (χ3n) is 1.85. The average molecular weight is 230 g/mol. The second kappa shape index (κ2) is 5.00. The number of carbonyl (C=O) groups is 1. The van der Waals surface area contributed by atoms with Crippen LogP contribution in [-0.2, 0) is 0 Å². The van der Waals surface area contributed by atoms with E-state index in [1.54, 1.807) is 6.92 Å². The molecule has 0 heterocycles. The monoisotopic (exact) mass is 229 g/mol. The molecule has 0 aliphatic heterocycles. The summed E-state index contributed by atoms with van der Waals surface area (Å²) in [4.78, 5) is 11.6. The topological polar surface area (TPSA) is 69.6 Å². The molecule has 0 saturated heterocycles. The van der Waals surface area contributed by atoms with Gasteiger partial charge in [0.15, 0.2) is 0 Å². The van der Waals surface area contributed by atoms with Gasteiger partial charge < -0.3 is 15.5 Å². The summed E-state index contributed by atoms with van der Waals surface area (Å²) in [6.45, 7) is 1.51. The van der Waals surface area contributed by atoms with Crippen LogP contribution in [0.4, 0.5) is 0 Å². The van der Waals surface area contributed by atoms with Crippen molar-refractivity contribution in [3.63, 3.8) is 0 Å². The number of rotatable bonds is 3. The molecule has 1 amide bonds. The van der Waals surface area contributed by atoms with Gasteiger partial charge in [0, 0.05) is 6.04 Å². The van der Waals surface area contributed by atoms with Crippen molar-refractivity contribution in [2.45, 2.75) is 13.0 Å². The van der Waals surface area contributed by atoms with E-state index in [1.807, 2.05) is 0 Å². The molecule has 0 aliphatic rings. The van der Waals surface area contributed by atoms with E-state index in [1.165, 1.54) is 18.2 Å². The van der Waals surface area contributed by atoms with Crippen molar-refractivity contribution in [3.05, 3.63) is 28.8 Å². The molecule has 82 valence electrons. The lowest BCUT2D eigenvalue weighted by Gasteiger charge is -2.11. The second-order valence-corrected chi connectivity index (χ2v) is 3.63. The molecular formula is C10H12ClNO3. The zero-order valence-electron chi connectivity index (χ0n) is 8.20. The summed E-state index contributed by atoms with van der Waals surface area (Å²) in [5.41, 5.74) is 0.192. The molecule has 0 aliphatic carbocycles. The van der Waals surface area contributed by atoms with Gasteiger partial charge in [-0.05, 0) is 25.1 Å². The van der Waals surface area contributed by atoms with Gasteiger partial charge in [0.25, 0.3) is 5.91 Å². The Bertz CT molecular complexity index is 368. The molecule has 1 aromatic rings. The van der Waals surface area contributed by atoms with Gasteiger partial charge in [-0.1, -0.05) is 11.6 Å². The quantitative estimate of drug-likeness (QED) is 0.729. The Labute approximate surface area is 92.5 Å². The van der Waals surface area contributed by atoms with Crippen molar-refractivity contribution in [2.24, 2.45) is 0 Å². The van der Waals surface area contributed by atoms with Gasteiger partial charge in [0.05, 0.1) is 17.2 Å². The van der Waals surface area contributed by atoms with Crippen LogP contribution in [-0.4, -0.2) is 28.8 Å². The van der Waals surface area contributed by atoms with Crippen molar-refractivity contribution >= 4 is 17.5 Å². The number of halogens is 1. The highest BCUT2D eigenvalue weighted by atomic mass is 35.5. The largest absolute Gasteiger partial charge is 0.508 e. The average Bonchev–Trinajstić information content (AvgIpc) is 2.21. The number of hydrogen-bond acceptors (Lipinski definition) is 3. The van der Waals surface area contributed by atoms with Gasteiger partial charge in [-0.2, -0.15) is 0 Å². The third kappa shape index (κ3) is 3.11. The van der Waals surface area contributed by atoms with E-state index in [4.69, 9.17) is 16.7 Å². The molecule has 4 nitrogen and oxygen atoms in total. The normalized spacial score (nSPS) is 12.2. The Morgan fingerprint density at radius 3 is 2.87 bits per heavy atom. The van der Waals surface area contributed by atoms with E-state index in [2.05, 4.69) is 5.32 Å².